The largest absolute Gasteiger partial charge is 0.0616 e. The topological polar surface area (TPSA) is 0 Å². The molecule has 0 aliphatic heterocycles. The molecule has 190 valence electrons. The second kappa shape index (κ2) is 8.64. The maximum atomic E-state index is 3.83. The van der Waals surface area contributed by atoms with Crippen molar-refractivity contribution >= 4 is 59.0 Å². The van der Waals surface area contributed by atoms with Crippen molar-refractivity contribution in [2.45, 2.75) is 0 Å². The normalized spacial score (nSPS) is 12.0. The summed E-state index contributed by atoms with van der Waals surface area (Å²) in [6, 6.07) is 51.5. The number of benzene rings is 8. The first-order valence-electron chi connectivity index (χ1n) is 14.0. The van der Waals surface area contributed by atoms with Crippen molar-refractivity contribution in [1.82, 2.24) is 0 Å². The van der Waals surface area contributed by atoms with E-state index in [1.807, 2.05) is 0 Å². The fourth-order valence-corrected chi connectivity index (χ4v) is 7.41. The Balaban J connectivity index is 1.50. The lowest BCUT2D eigenvalue weighted by Gasteiger charge is -2.21. The molecule has 1 aliphatic carbocycles. The van der Waals surface area contributed by atoms with Gasteiger partial charge < -0.3 is 0 Å². The van der Waals surface area contributed by atoms with Crippen LogP contribution in [0.2, 0.25) is 0 Å². The van der Waals surface area contributed by atoms with Crippen molar-refractivity contribution in [3.05, 3.63) is 144 Å². The summed E-state index contributed by atoms with van der Waals surface area (Å²) >= 11 is 3.83. The van der Waals surface area contributed by atoms with Crippen LogP contribution in [-0.4, -0.2) is 0 Å². The lowest BCUT2D eigenvalue weighted by molar-refractivity contribution is 1.63. The van der Waals surface area contributed by atoms with Crippen LogP contribution in [-0.2, 0) is 0 Å². The fraction of sp³-hybridized carbons (Fsp3) is 0. The molecule has 0 aromatic heterocycles. The van der Waals surface area contributed by atoms with Gasteiger partial charge in [0.05, 0.1) is 0 Å². The summed E-state index contributed by atoms with van der Waals surface area (Å²) in [5.74, 6) is 0. The predicted octanol–water partition coefficient (Wildman–Crippen LogP) is 12.0. The van der Waals surface area contributed by atoms with E-state index in [0.717, 1.165) is 4.47 Å². The van der Waals surface area contributed by atoms with Gasteiger partial charge in [0.1, 0.15) is 0 Å². The van der Waals surface area contributed by atoms with Gasteiger partial charge in [-0.2, -0.15) is 0 Å². The summed E-state index contributed by atoms with van der Waals surface area (Å²) in [7, 11) is 0. The Morgan fingerprint density at radius 1 is 0.341 bits per heavy atom. The van der Waals surface area contributed by atoms with Crippen molar-refractivity contribution < 1.29 is 0 Å². The second-order valence-electron chi connectivity index (χ2n) is 11.0. The van der Waals surface area contributed by atoms with Crippen LogP contribution in [0.5, 0.6) is 0 Å². The van der Waals surface area contributed by atoms with E-state index in [1.54, 1.807) is 0 Å². The van der Waals surface area contributed by atoms with Gasteiger partial charge in [-0.1, -0.05) is 131 Å². The monoisotopic (exact) mass is 582 g/mol. The zero-order chi connectivity index (χ0) is 27.1. The van der Waals surface area contributed by atoms with E-state index >= 15 is 0 Å². The van der Waals surface area contributed by atoms with E-state index in [1.165, 1.54) is 87.6 Å². The van der Waals surface area contributed by atoms with Crippen molar-refractivity contribution in [2.24, 2.45) is 0 Å². The van der Waals surface area contributed by atoms with Crippen LogP contribution in [0.1, 0.15) is 0 Å². The molecule has 1 heteroatoms. The summed E-state index contributed by atoms with van der Waals surface area (Å²) in [5.41, 5.74) is 10.4. The molecule has 0 atom stereocenters. The second-order valence-corrected chi connectivity index (χ2v) is 11.9. The molecule has 0 nitrogen and oxygen atoms in total. The Kier molecular flexibility index (Phi) is 4.85. The molecule has 0 radical (unpaired) electrons. The summed E-state index contributed by atoms with van der Waals surface area (Å²) in [6.45, 7) is 0. The summed E-state index contributed by atoms with van der Waals surface area (Å²) in [5, 5.41) is 10.2. The van der Waals surface area contributed by atoms with Crippen LogP contribution in [0.4, 0.5) is 0 Å². The molecule has 0 bridgehead atoms. The van der Waals surface area contributed by atoms with E-state index < -0.39 is 0 Å². The van der Waals surface area contributed by atoms with E-state index in [9.17, 15) is 0 Å². The maximum Gasteiger partial charge on any atom is 0.0181 e. The maximum absolute atomic E-state index is 3.83. The van der Waals surface area contributed by atoms with Gasteiger partial charge in [-0.25, -0.2) is 0 Å². The molecule has 8 aromatic rings. The van der Waals surface area contributed by atoms with Gasteiger partial charge in [0, 0.05) is 4.47 Å². The Hall–Kier alpha value is -4.72. The zero-order valence-corrected chi connectivity index (χ0v) is 23.7. The minimum atomic E-state index is 1.09. The van der Waals surface area contributed by atoms with Crippen molar-refractivity contribution in [3.63, 3.8) is 0 Å². The minimum absolute atomic E-state index is 1.09. The number of halogens is 1. The average Bonchev–Trinajstić information content (AvgIpc) is 3.35. The first-order valence-corrected chi connectivity index (χ1v) is 14.8. The van der Waals surface area contributed by atoms with E-state index in [2.05, 4.69) is 155 Å². The van der Waals surface area contributed by atoms with Crippen molar-refractivity contribution in [3.8, 4) is 44.5 Å². The molecule has 0 saturated heterocycles. The van der Waals surface area contributed by atoms with Gasteiger partial charge in [-0.15, -0.1) is 0 Å². The van der Waals surface area contributed by atoms with Crippen molar-refractivity contribution in [1.29, 1.82) is 0 Å². The highest BCUT2D eigenvalue weighted by atomic mass is 79.9. The highest BCUT2D eigenvalue weighted by Gasteiger charge is 2.30. The molecular weight excluding hydrogens is 560 g/mol. The van der Waals surface area contributed by atoms with E-state index in [4.69, 9.17) is 0 Å². The fourth-order valence-electron chi connectivity index (χ4n) is 7.05. The van der Waals surface area contributed by atoms with Crippen LogP contribution in [0.15, 0.2) is 144 Å². The van der Waals surface area contributed by atoms with Crippen molar-refractivity contribution in [2.75, 3.05) is 0 Å². The molecule has 0 saturated carbocycles. The smallest absolute Gasteiger partial charge is 0.0181 e. The van der Waals surface area contributed by atoms with Gasteiger partial charge in [0.2, 0.25) is 0 Å². The van der Waals surface area contributed by atoms with Crippen LogP contribution in [0.25, 0.3) is 87.6 Å². The SMILES string of the molecule is Brc1ccc2c(-c3ccc4ccccc4c3)c3c(c(-c4ccc5ccccc5c4)c2c1)-c1cccc2cccc-3c12. The standard InChI is InChI=1S/C40H23Br/c41-31-19-20-32-35(23-31)38(30-18-16-25-8-2-4-10-28(25)22-30)40-34-14-6-12-26-11-5-13-33(36(26)34)39(40)37(32)29-17-15-24-7-1-3-9-27(24)21-29/h1-23H. The van der Waals surface area contributed by atoms with Gasteiger partial charge in [-0.3, -0.25) is 0 Å². The van der Waals surface area contributed by atoms with Crippen LogP contribution in [0, 0.1) is 0 Å². The van der Waals surface area contributed by atoms with Crippen LogP contribution < -0.4 is 0 Å². The van der Waals surface area contributed by atoms with Gasteiger partial charge in [0.25, 0.3) is 0 Å². The molecule has 0 spiro atoms. The third kappa shape index (κ3) is 3.33. The number of hydrogen-bond donors (Lipinski definition) is 0. The van der Waals surface area contributed by atoms with Gasteiger partial charge >= 0.3 is 0 Å². The molecular formula is C40H23Br. The lowest BCUT2D eigenvalue weighted by Crippen LogP contribution is -1.94. The van der Waals surface area contributed by atoms with Gasteiger partial charge in [0.15, 0.2) is 0 Å². The molecule has 9 rings (SSSR count). The molecule has 0 heterocycles. The predicted molar refractivity (Wildman–Crippen MR) is 179 cm³/mol. The van der Waals surface area contributed by atoms with E-state index in [0.29, 0.717) is 0 Å². The number of hydrogen-bond acceptors (Lipinski definition) is 0. The third-order valence-electron chi connectivity index (χ3n) is 8.79. The zero-order valence-electron chi connectivity index (χ0n) is 22.2. The first kappa shape index (κ1) is 23.0. The molecule has 8 aromatic carbocycles. The van der Waals surface area contributed by atoms with Crippen LogP contribution in [0.3, 0.4) is 0 Å². The average molecular weight is 584 g/mol. The molecule has 1 aliphatic rings. The van der Waals surface area contributed by atoms with E-state index in [-0.39, 0.29) is 0 Å². The number of rotatable bonds is 2. The molecule has 0 N–H and O–H groups in total. The Morgan fingerprint density at radius 2 is 0.854 bits per heavy atom. The lowest BCUT2D eigenvalue weighted by atomic mass is 9.82. The summed E-state index contributed by atoms with van der Waals surface area (Å²) in [6.07, 6.45) is 0. The minimum Gasteiger partial charge on any atom is -0.0616 e. The Morgan fingerprint density at radius 3 is 1.44 bits per heavy atom. The molecule has 41 heavy (non-hydrogen) atoms. The quantitative estimate of drug-likeness (QED) is 0.190. The summed E-state index contributed by atoms with van der Waals surface area (Å²) in [4.78, 5) is 0. The Labute approximate surface area is 246 Å². The first-order chi connectivity index (χ1) is 20.2. The highest BCUT2D eigenvalue weighted by Crippen LogP contribution is 2.58. The number of fused-ring (bicyclic) bond motifs is 6. The molecule has 0 amide bonds. The molecule has 0 unspecified atom stereocenters. The summed E-state index contributed by atoms with van der Waals surface area (Å²) < 4.78 is 1.09. The molecule has 0 fully saturated rings. The van der Waals surface area contributed by atoms with Gasteiger partial charge in [-0.05, 0) is 112 Å². The highest BCUT2D eigenvalue weighted by molar-refractivity contribution is 9.10. The van der Waals surface area contributed by atoms with Crippen LogP contribution >= 0.6 is 15.9 Å². The third-order valence-corrected chi connectivity index (χ3v) is 9.28. The Bertz CT molecular complexity index is 2370.